The summed E-state index contributed by atoms with van der Waals surface area (Å²) in [4.78, 5) is 0. The van der Waals surface area contributed by atoms with Crippen LogP contribution in [0.25, 0.3) is 0 Å². The van der Waals surface area contributed by atoms with Crippen LogP contribution in [0.15, 0.2) is 12.1 Å². The lowest BCUT2D eigenvalue weighted by atomic mass is 9.97. The number of phenolic OH excluding ortho intramolecular Hbond substituents is 1. The first-order chi connectivity index (χ1) is 6.69. The van der Waals surface area contributed by atoms with Gasteiger partial charge in [-0.05, 0) is 42.5 Å². The molecule has 78 valence electrons. The molecule has 0 aromatic heterocycles. The van der Waals surface area contributed by atoms with E-state index in [1.165, 1.54) is 17.5 Å². The van der Waals surface area contributed by atoms with Crippen LogP contribution in [0, 0.1) is 6.92 Å². The molecule has 14 heavy (non-hydrogen) atoms. The highest BCUT2D eigenvalue weighted by Crippen LogP contribution is 2.23. The lowest BCUT2D eigenvalue weighted by Crippen LogP contribution is -1.95. The van der Waals surface area contributed by atoms with Crippen LogP contribution in [0.1, 0.15) is 43.4 Å². The maximum atomic E-state index is 9.62. The van der Waals surface area contributed by atoms with Gasteiger partial charge in [-0.15, -0.1) is 0 Å². The molecule has 0 fully saturated rings. The average molecular weight is 192 g/mol. The Kier molecular flexibility index (Phi) is 3.99. The molecular weight excluding hydrogens is 172 g/mol. The summed E-state index contributed by atoms with van der Waals surface area (Å²) in [5.74, 6) is 0.438. The molecule has 0 spiro atoms. The Hall–Kier alpha value is -0.980. The molecule has 1 aromatic carbocycles. The van der Waals surface area contributed by atoms with Crippen molar-refractivity contribution in [1.29, 1.82) is 0 Å². The van der Waals surface area contributed by atoms with Gasteiger partial charge in [0.15, 0.2) is 0 Å². The van der Waals surface area contributed by atoms with Crippen LogP contribution >= 0.6 is 0 Å². The van der Waals surface area contributed by atoms with E-state index < -0.39 is 0 Å². The van der Waals surface area contributed by atoms with E-state index >= 15 is 0 Å². The summed E-state index contributed by atoms with van der Waals surface area (Å²) in [6.45, 7) is 6.33. The zero-order valence-corrected chi connectivity index (χ0v) is 9.43. The molecule has 0 bridgehead atoms. The summed E-state index contributed by atoms with van der Waals surface area (Å²) in [7, 11) is 0. The molecule has 1 rings (SSSR count). The Morgan fingerprint density at radius 2 is 1.50 bits per heavy atom. The third kappa shape index (κ3) is 2.50. The van der Waals surface area contributed by atoms with Crippen molar-refractivity contribution < 1.29 is 5.11 Å². The normalized spacial score (nSPS) is 10.5. The zero-order valence-electron chi connectivity index (χ0n) is 9.43. The first-order valence-corrected chi connectivity index (χ1v) is 5.50. The average Bonchev–Trinajstić information content (AvgIpc) is 2.14. The molecule has 0 aliphatic heterocycles. The van der Waals surface area contributed by atoms with Gasteiger partial charge in [-0.3, -0.25) is 0 Å². The fourth-order valence-corrected chi connectivity index (χ4v) is 1.80. The third-order valence-electron chi connectivity index (χ3n) is 2.56. The number of aryl methyl sites for hydroxylation is 3. The van der Waals surface area contributed by atoms with Gasteiger partial charge in [0.25, 0.3) is 0 Å². The maximum absolute atomic E-state index is 9.62. The first-order valence-electron chi connectivity index (χ1n) is 5.50. The number of phenols is 1. The minimum absolute atomic E-state index is 0.438. The van der Waals surface area contributed by atoms with Crippen molar-refractivity contribution in [3.8, 4) is 5.75 Å². The molecule has 0 radical (unpaired) electrons. The summed E-state index contributed by atoms with van der Waals surface area (Å²) in [5.41, 5.74) is 3.72. The summed E-state index contributed by atoms with van der Waals surface area (Å²) < 4.78 is 0. The Morgan fingerprint density at radius 1 is 1.00 bits per heavy atom. The van der Waals surface area contributed by atoms with Gasteiger partial charge in [0.05, 0.1) is 0 Å². The molecule has 0 saturated heterocycles. The second kappa shape index (κ2) is 5.04. The van der Waals surface area contributed by atoms with Crippen LogP contribution in [0.5, 0.6) is 5.75 Å². The minimum atomic E-state index is 0.438. The fraction of sp³-hybridized carbons (Fsp3) is 0.538. The SMILES string of the molecule is CCCc1cc(C)c(O)cc1CCC. The van der Waals surface area contributed by atoms with E-state index in [4.69, 9.17) is 0 Å². The number of benzene rings is 1. The van der Waals surface area contributed by atoms with E-state index in [0.717, 1.165) is 24.8 Å². The van der Waals surface area contributed by atoms with Gasteiger partial charge in [0.2, 0.25) is 0 Å². The Morgan fingerprint density at radius 3 is 2.00 bits per heavy atom. The van der Waals surface area contributed by atoms with E-state index in [1.54, 1.807) is 0 Å². The number of aromatic hydroxyl groups is 1. The maximum Gasteiger partial charge on any atom is 0.118 e. The van der Waals surface area contributed by atoms with Crippen molar-refractivity contribution in [2.75, 3.05) is 0 Å². The predicted octanol–water partition coefficient (Wildman–Crippen LogP) is 3.61. The fourth-order valence-electron chi connectivity index (χ4n) is 1.80. The van der Waals surface area contributed by atoms with Crippen molar-refractivity contribution in [3.05, 3.63) is 28.8 Å². The molecule has 1 aromatic rings. The lowest BCUT2D eigenvalue weighted by Gasteiger charge is -2.10. The number of rotatable bonds is 4. The van der Waals surface area contributed by atoms with Crippen molar-refractivity contribution in [2.24, 2.45) is 0 Å². The molecule has 0 atom stereocenters. The van der Waals surface area contributed by atoms with Gasteiger partial charge in [0, 0.05) is 0 Å². The van der Waals surface area contributed by atoms with Gasteiger partial charge in [-0.25, -0.2) is 0 Å². The van der Waals surface area contributed by atoms with E-state index in [1.807, 2.05) is 13.0 Å². The highest BCUT2D eigenvalue weighted by atomic mass is 16.3. The summed E-state index contributed by atoms with van der Waals surface area (Å²) in [6, 6.07) is 4.06. The van der Waals surface area contributed by atoms with Crippen LogP contribution < -0.4 is 0 Å². The van der Waals surface area contributed by atoms with Crippen molar-refractivity contribution in [1.82, 2.24) is 0 Å². The summed E-state index contributed by atoms with van der Waals surface area (Å²) >= 11 is 0. The van der Waals surface area contributed by atoms with Crippen molar-refractivity contribution >= 4 is 0 Å². The first kappa shape index (κ1) is 11.1. The topological polar surface area (TPSA) is 20.2 Å². The van der Waals surface area contributed by atoms with Crippen LogP contribution in [-0.2, 0) is 12.8 Å². The minimum Gasteiger partial charge on any atom is -0.508 e. The predicted molar refractivity (Wildman–Crippen MR) is 60.8 cm³/mol. The molecule has 1 N–H and O–H groups in total. The summed E-state index contributed by atoms with van der Waals surface area (Å²) in [5, 5.41) is 9.62. The number of hydrogen-bond acceptors (Lipinski definition) is 1. The molecule has 1 nitrogen and oxygen atoms in total. The molecule has 1 heteroatoms. The molecule has 0 saturated carbocycles. The van der Waals surface area contributed by atoms with Crippen molar-refractivity contribution in [2.45, 2.75) is 46.5 Å². The van der Waals surface area contributed by atoms with E-state index in [0.29, 0.717) is 5.75 Å². The van der Waals surface area contributed by atoms with E-state index in [9.17, 15) is 5.11 Å². The van der Waals surface area contributed by atoms with E-state index in [-0.39, 0.29) is 0 Å². The van der Waals surface area contributed by atoms with Crippen LogP contribution in [0.4, 0.5) is 0 Å². The quantitative estimate of drug-likeness (QED) is 0.772. The third-order valence-corrected chi connectivity index (χ3v) is 2.56. The molecule has 0 aliphatic carbocycles. The second-order valence-corrected chi connectivity index (χ2v) is 3.91. The van der Waals surface area contributed by atoms with Crippen LogP contribution in [-0.4, -0.2) is 5.11 Å². The summed E-state index contributed by atoms with van der Waals surface area (Å²) in [6.07, 6.45) is 4.50. The molecule has 0 unspecified atom stereocenters. The standard InChI is InChI=1S/C13H20O/c1-4-6-11-8-10(3)13(14)9-12(11)7-5-2/h8-9,14H,4-7H2,1-3H3. The van der Waals surface area contributed by atoms with Gasteiger partial charge in [-0.1, -0.05) is 32.8 Å². The van der Waals surface area contributed by atoms with Crippen LogP contribution in [0.3, 0.4) is 0 Å². The van der Waals surface area contributed by atoms with Gasteiger partial charge in [0.1, 0.15) is 5.75 Å². The second-order valence-electron chi connectivity index (χ2n) is 3.91. The van der Waals surface area contributed by atoms with E-state index in [2.05, 4.69) is 19.9 Å². The highest BCUT2D eigenvalue weighted by Gasteiger charge is 2.05. The highest BCUT2D eigenvalue weighted by molar-refractivity contribution is 5.41. The largest absolute Gasteiger partial charge is 0.508 e. The van der Waals surface area contributed by atoms with Crippen molar-refractivity contribution in [3.63, 3.8) is 0 Å². The molecule has 0 heterocycles. The number of hydrogen-bond donors (Lipinski definition) is 1. The van der Waals surface area contributed by atoms with Gasteiger partial charge < -0.3 is 5.11 Å². The molecule has 0 aliphatic rings. The molecule has 0 amide bonds. The Labute approximate surface area is 86.8 Å². The smallest absolute Gasteiger partial charge is 0.118 e. The molecular formula is C13H20O. The zero-order chi connectivity index (χ0) is 10.6. The monoisotopic (exact) mass is 192 g/mol. The Balaban J connectivity index is 3.03. The van der Waals surface area contributed by atoms with Gasteiger partial charge >= 0.3 is 0 Å². The van der Waals surface area contributed by atoms with Crippen LogP contribution in [0.2, 0.25) is 0 Å². The van der Waals surface area contributed by atoms with Gasteiger partial charge in [-0.2, -0.15) is 0 Å². The Bertz CT molecular complexity index is 271. The lowest BCUT2D eigenvalue weighted by molar-refractivity contribution is 0.470.